The Balaban J connectivity index is 1.95. The van der Waals surface area contributed by atoms with Crippen LogP contribution in [0.3, 0.4) is 0 Å². The average Bonchev–Trinajstić information content (AvgIpc) is 2.65. The Hall–Kier alpha value is -2.81. The first-order valence-corrected chi connectivity index (χ1v) is 9.94. The van der Waals surface area contributed by atoms with Gasteiger partial charge in [0.1, 0.15) is 11.3 Å². The molecule has 3 aromatic rings. The number of benzene rings is 2. The Morgan fingerprint density at radius 1 is 1.04 bits per heavy atom. The molecule has 0 spiro atoms. The van der Waals surface area contributed by atoms with Gasteiger partial charge >= 0.3 is 5.97 Å². The maximum Gasteiger partial charge on any atom is 0.339 e. The average molecular weight is 439 g/mol. The number of pyridine rings is 1. The number of rotatable bonds is 6. The zero-order valence-electron chi connectivity index (χ0n) is 14.0. The summed E-state index contributed by atoms with van der Waals surface area (Å²) in [5, 5.41) is 9.58. The van der Waals surface area contributed by atoms with Gasteiger partial charge in [0.05, 0.1) is 26.8 Å². The third kappa shape index (κ3) is 4.36. The van der Waals surface area contributed by atoms with Crippen LogP contribution in [0, 0.1) is 0 Å². The smallest absolute Gasteiger partial charge is 0.339 e. The van der Waals surface area contributed by atoms with Gasteiger partial charge in [0.25, 0.3) is 10.0 Å². The SMILES string of the molecule is O=C(O)c1ccccc1Oc1cnccc1NS(=O)(=O)c1ccc(Cl)c(Cl)c1. The van der Waals surface area contributed by atoms with Crippen molar-refractivity contribution in [2.24, 2.45) is 0 Å². The van der Waals surface area contributed by atoms with Crippen LogP contribution in [0.5, 0.6) is 11.5 Å². The van der Waals surface area contributed by atoms with Gasteiger partial charge in [-0.25, -0.2) is 13.2 Å². The zero-order valence-corrected chi connectivity index (χ0v) is 16.3. The molecule has 0 unspecified atom stereocenters. The summed E-state index contributed by atoms with van der Waals surface area (Å²) < 4.78 is 33.3. The molecule has 10 heteroatoms. The molecule has 0 bridgehead atoms. The summed E-state index contributed by atoms with van der Waals surface area (Å²) in [6.45, 7) is 0. The molecule has 0 aliphatic heterocycles. The van der Waals surface area contributed by atoms with Crippen LogP contribution < -0.4 is 9.46 Å². The molecule has 0 aliphatic rings. The molecule has 0 radical (unpaired) electrons. The van der Waals surface area contributed by atoms with E-state index in [1.54, 1.807) is 12.1 Å². The lowest BCUT2D eigenvalue weighted by molar-refractivity contribution is 0.0694. The molecule has 144 valence electrons. The van der Waals surface area contributed by atoms with Crippen molar-refractivity contribution in [1.82, 2.24) is 4.98 Å². The van der Waals surface area contributed by atoms with Crippen LogP contribution in [-0.4, -0.2) is 24.5 Å². The molecule has 0 amide bonds. The molecule has 1 aromatic heterocycles. The van der Waals surface area contributed by atoms with Gasteiger partial charge in [0.2, 0.25) is 0 Å². The third-order valence-corrected chi connectivity index (χ3v) is 5.67. The number of hydrogen-bond donors (Lipinski definition) is 2. The number of ether oxygens (including phenoxy) is 1. The van der Waals surface area contributed by atoms with Crippen LogP contribution in [0.15, 0.2) is 65.8 Å². The van der Waals surface area contributed by atoms with Crippen molar-refractivity contribution in [3.8, 4) is 11.5 Å². The number of nitrogens with one attached hydrogen (secondary N) is 1. The topological polar surface area (TPSA) is 106 Å². The number of anilines is 1. The first-order chi connectivity index (χ1) is 13.3. The van der Waals surface area contributed by atoms with Crippen molar-refractivity contribution in [3.63, 3.8) is 0 Å². The van der Waals surface area contributed by atoms with Crippen LogP contribution in [-0.2, 0) is 10.0 Å². The van der Waals surface area contributed by atoms with E-state index in [-0.39, 0.29) is 37.7 Å². The molecule has 0 fully saturated rings. The summed E-state index contributed by atoms with van der Waals surface area (Å²) in [5.41, 5.74) is -0.00842. The van der Waals surface area contributed by atoms with Crippen LogP contribution >= 0.6 is 23.2 Å². The van der Waals surface area contributed by atoms with Crippen LogP contribution in [0.4, 0.5) is 5.69 Å². The van der Waals surface area contributed by atoms with Crippen molar-refractivity contribution in [2.75, 3.05) is 4.72 Å². The van der Waals surface area contributed by atoms with E-state index in [0.29, 0.717) is 0 Å². The van der Waals surface area contributed by atoms with Crippen molar-refractivity contribution < 1.29 is 23.1 Å². The van der Waals surface area contributed by atoms with E-state index in [2.05, 4.69) is 9.71 Å². The summed E-state index contributed by atoms with van der Waals surface area (Å²) in [4.78, 5) is 15.1. The highest BCUT2D eigenvalue weighted by Crippen LogP contribution is 2.33. The molecule has 0 aliphatic carbocycles. The molecule has 0 saturated carbocycles. The van der Waals surface area contributed by atoms with E-state index in [1.165, 1.54) is 48.8 Å². The summed E-state index contributed by atoms with van der Waals surface area (Å²) in [6.07, 6.45) is 2.63. The molecular weight excluding hydrogens is 427 g/mol. The van der Waals surface area contributed by atoms with Gasteiger partial charge in [-0.1, -0.05) is 35.3 Å². The Bertz CT molecular complexity index is 1150. The van der Waals surface area contributed by atoms with Crippen LogP contribution in [0.2, 0.25) is 10.0 Å². The van der Waals surface area contributed by atoms with Crippen LogP contribution in [0.1, 0.15) is 10.4 Å². The number of aromatic carboxylic acids is 1. The predicted molar refractivity (Wildman–Crippen MR) is 105 cm³/mol. The lowest BCUT2D eigenvalue weighted by Crippen LogP contribution is -2.14. The monoisotopic (exact) mass is 438 g/mol. The second-order valence-corrected chi connectivity index (χ2v) is 7.95. The van der Waals surface area contributed by atoms with E-state index in [1.807, 2.05) is 0 Å². The minimum absolute atomic E-state index is 0.0276. The lowest BCUT2D eigenvalue weighted by atomic mass is 10.2. The summed E-state index contributed by atoms with van der Waals surface area (Å²) in [6, 6.07) is 11.2. The Morgan fingerprint density at radius 3 is 2.50 bits per heavy atom. The summed E-state index contributed by atoms with van der Waals surface area (Å²) in [5.74, 6) is -1.12. The van der Waals surface area contributed by atoms with E-state index >= 15 is 0 Å². The molecule has 7 nitrogen and oxygen atoms in total. The van der Waals surface area contributed by atoms with Gasteiger partial charge in [0, 0.05) is 6.20 Å². The molecular formula is C18H12Cl2N2O5S. The number of halogens is 2. The maximum atomic E-state index is 12.7. The standard InChI is InChI=1S/C18H12Cl2N2O5S/c19-13-6-5-11(9-14(13)20)28(25,26)22-15-7-8-21-10-17(15)27-16-4-2-1-3-12(16)18(23)24/h1-10H,(H,21,22)(H,23,24). The molecule has 2 aromatic carbocycles. The quantitative estimate of drug-likeness (QED) is 0.578. The fourth-order valence-electron chi connectivity index (χ4n) is 2.24. The Kier molecular flexibility index (Phi) is 5.73. The van der Waals surface area contributed by atoms with E-state index < -0.39 is 16.0 Å². The van der Waals surface area contributed by atoms with Crippen molar-refractivity contribution in [3.05, 3.63) is 76.5 Å². The summed E-state index contributed by atoms with van der Waals surface area (Å²) in [7, 11) is -4.01. The van der Waals surface area contributed by atoms with Gasteiger partial charge in [-0.3, -0.25) is 9.71 Å². The number of carbonyl (C=O) groups is 1. The molecule has 28 heavy (non-hydrogen) atoms. The third-order valence-electron chi connectivity index (χ3n) is 3.57. The van der Waals surface area contributed by atoms with Crippen molar-refractivity contribution in [1.29, 1.82) is 0 Å². The Morgan fingerprint density at radius 2 is 1.79 bits per heavy atom. The highest BCUT2D eigenvalue weighted by atomic mass is 35.5. The molecule has 0 saturated heterocycles. The predicted octanol–water partition coefficient (Wildman–Crippen LogP) is 4.68. The number of nitrogens with zero attached hydrogens (tertiary/aromatic N) is 1. The van der Waals surface area contributed by atoms with Gasteiger partial charge in [0.15, 0.2) is 5.75 Å². The highest BCUT2D eigenvalue weighted by Gasteiger charge is 2.19. The lowest BCUT2D eigenvalue weighted by Gasteiger charge is -2.14. The minimum atomic E-state index is -4.01. The fraction of sp³-hybridized carbons (Fsp3) is 0. The van der Waals surface area contributed by atoms with Crippen LogP contribution in [0.25, 0.3) is 0 Å². The number of hydrogen-bond acceptors (Lipinski definition) is 5. The number of carboxylic acids is 1. The second-order valence-electron chi connectivity index (χ2n) is 5.46. The highest BCUT2D eigenvalue weighted by molar-refractivity contribution is 7.92. The number of aromatic nitrogens is 1. The van der Waals surface area contributed by atoms with E-state index in [4.69, 9.17) is 27.9 Å². The first-order valence-electron chi connectivity index (χ1n) is 7.70. The number of carboxylic acid groups (broad SMARTS) is 1. The molecule has 1 heterocycles. The largest absolute Gasteiger partial charge is 0.478 e. The number of para-hydroxylation sites is 1. The van der Waals surface area contributed by atoms with E-state index in [9.17, 15) is 18.3 Å². The van der Waals surface area contributed by atoms with Gasteiger partial charge in [-0.15, -0.1) is 0 Å². The normalized spacial score (nSPS) is 11.1. The Labute approximate surface area is 170 Å². The number of sulfonamides is 1. The fourth-order valence-corrected chi connectivity index (χ4v) is 3.70. The minimum Gasteiger partial charge on any atom is -0.478 e. The molecule has 0 atom stereocenters. The molecule has 2 N–H and O–H groups in total. The van der Waals surface area contributed by atoms with Gasteiger partial charge in [-0.05, 0) is 36.4 Å². The van der Waals surface area contributed by atoms with Crippen molar-refractivity contribution >= 4 is 44.9 Å². The second kappa shape index (κ2) is 8.05. The summed E-state index contributed by atoms with van der Waals surface area (Å²) >= 11 is 11.7. The van der Waals surface area contributed by atoms with Gasteiger partial charge in [-0.2, -0.15) is 0 Å². The molecule has 3 rings (SSSR count). The zero-order chi connectivity index (χ0) is 20.3. The maximum absolute atomic E-state index is 12.7. The van der Waals surface area contributed by atoms with E-state index in [0.717, 1.165) is 0 Å². The first kappa shape index (κ1) is 19.9. The van der Waals surface area contributed by atoms with Gasteiger partial charge < -0.3 is 9.84 Å². The van der Waals surface area contributed by atoms with Crippen molar-refractivity contribution in [2.45, 2.75) is 4.90 Å².